The first kappa shape index (κ1) is 13.2. The van der Waals surface area contributed by atoms with E-state index in [9.17, 15) is 0 Å². The molecule has 16 heavy (non-hydrogen) atoms. The summed E-state index contributed by atoms with van der Waals surface area (Å²) in [5.74, 6) is 1.46. The third-order valence-corrected chi connectivity index (χ3v) is 3.24. The van der Waals surface area contributed by atoms with Gasteiger partial charge in [-0.25, -0.2) is 4.98 Å². The van der Waals surface area contributed by atoms with E-state index < -0.39 is 0 Å². The van der Waals surface area contributed by atoms with Crippen molar-refractivity contribution in [2.75, 3.05) is 24.2 Å². The number of halogens is 1. The lowest BCUT2D eigenvalue weighted by Gasteiger charge is -2.23. The number of anilines is 2. The van der Waals surface area contributed by atoms with Gasteiger partial charge in [-0.2, -0.15) is 4.98 Å². The van der Waals surface area contributed by atoms with Gasteiger partial charge < -0.3 is 10.6 Å². The summed E-state index contributed by atoms with van der Waals surface area (Å²) >= 11 is 3.43. The molecule has 0 saturated heterocycles. The number of rotatable bonds is 5. The molecule has 0 radical (unpaired) electrons. The average molecular weight is 287 g/mol. The second kappa shape index (κ2) is 5.48. The SMILES string of the molecule is CCC(C)(C)CNc1nc(NC)ncc1Br. The third kappa shape index (κ3) is 3.63. The van der Waals surface area contributed by atoms with Crippen LogP contribution >= 0.6 is 15.9 Å². The van der Waals surface area contributed by atoms with Gasteiger partial charge in [-0.1, -0.05) is 20.8 Å². The minimum atomic E-state index is 0.268. The smallest absolute Gasteiger partial charge is 0.224 e. The van der Waals surface area contributed by atoms with Crippen molar-refractivity contribution in [3.05, 3.63) is 10.7 Å². The minimum Gasteiger partial charge on any atom is -0.368 e. The van der Waals surface area contributed by atoms with Crippen LogP contribution in [0, 0.1) is 5.41 Å². The molecule has 0 amide bonds. The van der Waals surface area contributed by atoms with Crippen LogP contribution < -0.4 is 10.6 Å². The highest BCUT2D eigenvalue weighted by atomic mass is 79.9. The van der Waals surface area contributed by atoms with Crippen molar-refractivity contribution in [2.24, 2.45) is 5.41 Å². The molecule has 0 aliphatic heterocycles. The zero-order valence-electron chi connectivity index (χ0n) is 10.3. The van der Waals surface area contributed by atoms with Crippen molar-refractivity contribution in [1.29, 1.82) is 0 Å². The van der Waals surface area contributed by atoms with Crippen LogP contribution in [0.5, 0.6) is 0 Å². The summed E-state index contributed by atoms with van der Waals surface area (Å²) in [6.07, 6.45) is 2.88. The number of nitrogens with one attached hydrogen (secondary N) is 2. The van der Waals surface area contributed by atoms with E-state index in [1.165, 1.54) is 0 Å². The van der Waals surface area contributed by atoms with Crippen LogP contribution in [0.25, 0.3) is 0 Å². The summed E-state index contributed by atoms with van der Waals surface area (Å²) in [4.78, 5) is 8.46. The fraction of sp³-hybridized carbons (Fsp3) is 0.636. The number of hydrogen-bond acceptors (Lipinski definition) is 4. The molecule has 0 aliphatic carbocycles. The van der Waals surface area contributed by atoms with Gasteiger partial charge in [0.05, 0.1) is 4.47 Å². The van der Waals surface area contributed by atoms with Crippen LogP contribution in [0.1, 0.15) is 27.2 Å². The van der Waals surface area contributed by atoms with E-state index in [1.807, 2.05) is 7.05 Å². The second-order valence-electron chi connectivity index (χ2n) is 4.51. The molecule has 4 nitrogen and oxygen atoms in total. The first-order valence-electron chi connectivity index (χ1n) is 5.42. The summed E-state index contributed by atoms with van der Waals surface area (Å²) in [5, 5.41) is 6.26. The highest BCUT2D eigenvalue weighted by Crippen LogP contribution is 2.24. The van der Waals surface area contributed by atoms with E-state index in [0.717, 1.165) is 23.3 Å². The summed E-state index contributed by atoms with van der Waals surface area (Å²) < 4.78 is 0.887. The normalized spacial score (nSPS) is 11.3. The third-order valence-electron chi connectivity index (χ3n) is 2.66. The molecule has 0 aliphatic rings. The molecule has 0 spiro atoms. The summed E-state index contributed by atoms with van der Waals surface area (Å²) in [5.41, 5.74) is 0.268. The van der Waals surface area contributed by atoms with Gasteiger partial charge in [0.2, 0.25) is 5.95 Å². The largest absolute Gasteiger partial charge is 0.368 e. The monoisotopic (exact) mass is 286 g/mol. The maximum atomic E-state index is 4.35. The van der Waals surface area contributed by atoms with Gasteiger partial charge in [0.1, 0.15) is 5.82 Å². The molecule has 2 N–H and O–H groups in total. The summed E-state index contributed by atoms with van der Waals surface area (Å²) in [7, 11) is 1.81. The van der Waals surface area contributed by atoms with E-state index in [2.05, 4.69) is 57.3 Å². The lowest BCUT2D eigenvalue weighted by molar-refractivity contribution is 0.376. The Kier molecular flexibility index (Phi) is 4.53. The van der Waals surface area contributed by atoms with E-state index in [-0.39, 0.29) is 5.41 Å². The zero-order valence-corrected chi connectivity index (χ0v) is 11.8. The van der Waals surface area contributed by atoms with Crippen LogP contribution in [0.3, 0.4) is 0 Å². The highest BCUT2D eigenvalue weighted by Gasteiger charge is 2.15. The predicted octanol–water partition coefficient (Wildman–Crippen LogP) is 3.13. The van der Waals surface area contributed by atoms with Crippen molar-refractivity contribution in [2.45, 2.75) is 27.2 Å². The molecule has 5 heteroatoms. The first-order valence-corrected chi connectivity index (χ1v) is 6.22. The van der Waals surface area contributed by atoms with Gasteiger partial charge in [0, 0.05) is 19.8 Å². The molecule has 0 bridgehead atoms. The number of aromatic nitrogens is 2. The molecule has 1 heterocycles. The van der Waals surface area contributed by atoms with Crippen molar-refractivity contribution in [3.8, 4) is 0 Å². The molecule has 0 fully saturated rings. The molecule has 0 aromatic carbocycles. The number of nitrogens with zero attached hydrogens (tertiary/aromatic N) is 2. The van der Waals surface area contributed by atoms with Gasteiger partial charge in [0.25, 0.3) is 0 Å². The Morgan fingerprint density at radius 1 is 1.44 bits per heavy atom. The fourth-order valence-corrected chi connectivity index (χ4v) is 1.39. The van der Waals surface area contributed by atoms with E-state index in [4.69, 9.17) is 0 Å². The van der Waals surface area contributed by atoms with E-state index >= 15 is 0 Å². The zero-order chi connectivity index (χ0) is 12.2. The van der Waals surface area contributed by atoms with Crippen LogP contribution in [-0.2, 0) is 0 Å². The van der Waals surface area contributed by atoms with Crippen LogP contribution in [0.2, 0.25) is 0 Å². The summed E-state index contributed by atoms with van der Waals surface area (Å²) in [6, 6.07) is 0. The molecule has 1 rings (SSSR count). The first-order chi connectivity index (χ1) is 7.48. The van der Waals surface area contributed by atoms with Crippen LogP contribution in [0.15, 0.2) is 10.7 Å². The highest BCUT2D eigenvalue weighted by molar-refractivity contribution is 9.10. The van der Waals surface area contributed by atoms with Gasteiger partial charge in [-0.3, -0.25) is 0 Å². The molecule has 0 atom stereocenters. The van der Waals surface area contributed by atoms with Gasteiger partial charge >= 0.3 is 0 Å². The minimum absolute atomic E-state index is 0.268. The predicted molar refractivity (Wildman–Crippen MR) is 71.8 cm³/mol. The lowest BCUT2D eigenvalue weighted by Crippen LogP contribution is -2.22. The maximum absolute atomic E-state index is 4.35. The molecule has 0 saturated carbocycles. The van der Waals surface area contributed by atoms with Gasteiger partial charge in [-0.05, 0) is 27.8 Å². The van der Waals surface area contributed by atoms with Crippen molar-refractivity contribution >= 4 is 27.7 Å². The van der Waals surface area contributed by atoms with Crippen molar-refractivity contribution < 1.29 is 0 Å². The van der Waals surface area contributed by atoms with E-state index in [0.29, 0.717) is 5.95 Å². The van der Waals surface area contributed by atoms with Crippen molar-refractivity contribution in [1.82, 2.24) is 9.97 Å². The Balaban J connectivity index is 2.73. The Morgan fingerprint density at radius 3 is 2.69 bits per heavy atom. The Morgan fingerprint density at radius 2 is 2.12 bits per heavy atom. The standard InChI is InChI=1S/C11H19BrN4/c1-5-11(2,3)7-15-9-8(12)6-14-10(13-4)16-9/h6H,5,7H2,1-4H3,(H2,13,14,15,16). The number of hydrogen-bond donors (Lipinski definition) is 2. The van der Waals surface area contributed by atoms with Crippen LogP contribution in [0.4, 0.5) is 11.8 Å². The molecule has 90 valence electrons. The molecule has 1 aromatic rings. The van der Waals surface area contributed by atoms with Gasteiger partial charge in [-0.15, -0.1) is 0 Å². The average Bonchev–Trinajstić information content (AvgIpc) is 2.28. The quantitative estimate of drug-likeness (QED) is 0.873. The lowest BCUT2D eigenvalue weighted by atomic mass is 9.90. The molecular formula is C11H19BrN4. The molecule has 1 aromatic heterocycles. The molecular weight excluding hydrogens is 268 g/mol. The fourth-order valence-electron chi connectivity index (χ4n) is 1.06. The molecule has 0 unspecified atom stereocenters. The topological polar surface area (TPSA) is 49.8 Å². The Hall–Kier alpha value is -0.840. The Bertz CT molecular complexity index is 352. The van der Waals surface area contributed by atoms with Crippen molar-refractivity contribution in [3.63, 3.8) is 0 Å². The Labute approximate surface area is 105 Å². The van der Waals surface area contributed by atoms with Gasteiger partial charge in [0.15, 0.2) is 0 Å². The maximum Gasteiger partial charge on any atom is 0.224 e. The second-order valence-corrected chi connectivity index (χ2v) is 5.37. The summed E-state index contributed by atoms with van der Waals surface area (Å²) in [6.45, 7) is 7.54. The van der Waals surface area contributed by atoms with E-state index in [1.54, 1.807) is 6.20 Å². The van der Waals surface area contributed by atoms with Crippen LogP contribution in [-0.4, -0.2) is 23.6 Å².